The summed E-state index contributed by atoms with van der Waals surface area (Å²) in [5.41, 5.74) is 0.715. The van der Waals surface area contributed by atoms with Gasteiger partial charge in [0, 0.05) is 11.6 Å². The molecule has 0 fully saturated rings. The number of rotatable bonds is 13. The van der Waals surface area contributed by atoms with Gasteiger partial charge in [0.05, 0.1) is 4.90 Å². The Bertz CT molecular complexity index is 861. The molecule has 0 amide bonds. The Kier molecular flexibility index (Phi) is 9.48. The highest BCUT2D eigenvalue weighted by Crippen LogP contribution is 2.33. The average molecular weight is 421 g/mol. The van der Waals surface area contributed by atoms with E-state index in [-0.39, 0.29) is 10.6 Å². The van der Waals surface area contributed by atoms with Crippen LogP contribution in [0, 0.1) is 0 Å². The highest BCUT2D eigenvalue weighted by Gasteiger charge is 2.13. The summed E-state index contributed by atoms with van der Waals surface area (Å²) in [4.78, 5) is -0.226. The molecule has 2 N–H and O–H groups in total. The number of benzene rings is 2. The molecular weight excluding hydrogens is 388 g/mol. The number of ether oxygens (including phenoxy) is 1. The minimum atomic E-state index is -4.30. The van der Waals surface area contributed by atoms with Gasteiger partial charge in [0.25, 0.3) is 10.1 Å². The first-order valence-electron chi connectivity index (χ1n) is 10.5. The molecule has 0 aliphatic rings. The van der Waals surface area contributed by atoms with E-state index in [1.54, 1.807) is 24.3 Å². The van der Waals surface area contributed by atoms with Crippen molar-refractivity contribution in [1.82, 2.24) is 0 Å². The normalized spacial score (nSPS) is 11.5. The van der Waals surface area contributed by atoms with Crippen molar-refractivity contribution >= 4 is 10.1 Å². The average Bonchev–Trinajstić information content (AvgIpc) is 2.68. The van der Waals surface area contributed by atoms with Gasteiger partial charge in [-0.25, -0.2) is 0 Å². The van der Waals surface area contributed by atoms with E-state index in [1.807, 2.05) is 0 Å². The Morgan fingerprint density at radius 2 is 1.48 bits per heavy atom. The largest absolute Gasteiger partial charge is 0.508 e. The van der Waals surface area contributed by atoms with Gasteiger partial charge >= 0.3 is 0 Å². The molecule has 0 saturated heterocycles. The van der Waals surface area contributed by atoms with Crippen molar-refractivity contribution in [3.63, 3.8) is 0 Å². The second-order valence-electron chi connectivity index (χ2n) is 7.38. The van der Waals surface area contributed by atoms with Crippen LogP contribution in [0.5, 0.6) is 17.2 Å². The van der Waals surface area contributed by atoms with E-state index in [0.717, 1.165) is 12.8 Å². The number of unbranched alkanes of at least 4 members (excludes halogenated alkanes) is 8. The maximum absolute atomic E-state index is 11.3. The molecule has 5 nitrogen and oxygen atoms in total. The van der Waals surface area contributed by atoms with Gasteiger partial charge < -0.3 is 9.84 Å². The number of phenolic OH excluding ortho intramolecular Hbond substituents is 1. The van der Waals surface area contributed by atoms with Crippen LogP contribution < -0.4 is 4.74 Å². The Morgan fingerprint density at radius 3 is 2.14 bits per heavy atom. The smallest absolute Gasteiger partial charge is 0.294 e. The van der Waals surface area contributed by atoms with Gasteiger partial charge in [-0.2, -0.15) is 8.42 Å². The van der Waals surface area contributed by atoms with Gasteiger partial charge in [0.15, 0.2) is 0 Å². The Balaban J connectivity index is 1.91. The van der Waals surface area contributed by atoms with Crippen LogP contribution >= 0.6 is 0 Å². The number of aromatic hydroxyl groups is 1. The molecule has 0 aliphatic heterocycles. The highest BCUT2D eigenvalue weighted by molar-refractivity contribution is 7.85. The molecule has 2 rings (SSSR count). The number of hydrogen-bond donors (Lipinski definition) is 2. The molecule has 0 unspecified atom stereocenters. The molecule has 29 heavy (non-hydrogen) atoms. The zero-order valence-electron chi connectivity index (χ0n) is 17.1. The van der Waals surface area contributed by atoms with E-state index in [9.17, 15) is 18.1 Å². The third-order valence-corrected chi connectivity index (χ3v) is 5.82. The second kappa shape index (κ2) is 11.8. The summed E-state index contributed by atoms with van der Waals surface area (Å²) in [5, 5.41) is 10.3. The summed E-state index contributed by atoms with van der Waals surface area (Å²) in [6, 6.07) is 10.8. The third-order valence-electron chi connectivity index (χ3n) is 4.97. The minimum Gasteiger partial charge on any atom is -0.508 e. The summed E-state index contributed by atoms with van der Waals surface area (Å²) in [7, 11) is -4.30. The van der Waals surface area contributed by atoms with E-state index < -0.39 is 10.1 Å². The molecule has 0 heterocycles. The van der Waals surface area contributed by atoms with E-state index in [0.29, 0.717) is 23.5 Å². The van der Waals surface area contributed by atoms with Crippen molar-refractivity contribution in [2.24, 2.45) is 0 Å². The molecule has 2 aromatic rings. The number of hydrogen-bond acceptors (Lipinski definition) is 4. The standard InChI is InChI=1S/C23H32O5S/c1-2-3-4-5-6-7-8-9-10-15-21-22(24)16-12-17-23(21)28-19-13-11-14-20(18-19)29(25,26)27/h11-14,16-18,24H,2-10,15H2,1H3,(H,25,26,27). The van der Waals surface area contributed by atoms with Gasteiger partial charge in [0.2, 0.25) is 0 Å². The predicted octanol–water partition coefficient (Wildman–Crippen LogP) is 6.50. The first-order valence-corrected chi connectivity index (χ1v) is 11.9. The highest BCUT2D eigenvalue weighted by atomic mass is 32.2. The fourth-order valence-electron chi connectivity index (χ4n) is 3.34. The molecule has 0 aliphatic carbocycles. The molecule has 0 saturated carbocycles. The fourth-order valence-corrected chi connectivity index (χ4v) is 3.85. The summed E-state index contributed by atoms with van der Waals surface area (Å²) in [5.74, 6) is 0.962. The molecule has 0 atom stereocenters. The lowest BCUT2D eigenvalue weighted by Crippen LogP contribution is -1.99. The van der Waals surface area contributed by atoms with Crippen LogP contribution in [0.25, 0.3) is 0 Å². The van der Waals surface area contributed by atoms with Crippen LogP contribution in [-0.4, -0.2) is 18.1 Å². The molecular formula is C23H32O5S. The van der Waals surface area contributed by atoms with E-state index >= 15 is 0 Å². The topological polar surface area (TPSA) is 83.8 Å². The molecule has 0 bridgehead atoms. The lowest BCUT2D eigenvalue weighted by atomic mass is 10.0. The van der Waals surface area contributed by atoms with Crippen LogP contribution in [0.15, 0.2) is 47.4 Å². The van der Waals surface area contributed by atoms with Gasteiger partial charge in [-0.15, -0.1) is 0 Å². The lowest BCUT2D eigenvalue weighted by molar-refractivity contribution is 0.439. The molecule has 2 aromatic carbocycles. The maximum atomic E-state index is 11.3. The number of phenols is 1. The van der Waals surface area contributed by atoms with Crippen molar-refractivity contribution in [2.75, 3.05) is 0 Å². The maximum Gasteiger partial charge on any atom is 0.294 e. The zero-order valence-corrected chi connectivity index (χ0v) is 18.0. The summed E-state index contributed by atoms with van der Waals surface area (Å²) >= 11 is 0. The minimum absolute atomic E-state index is 0.174. The van der Waals surface area contributed by atoms with Gasteiger partial charge in [-0.3, -0.25) is 4.55 Å². The second-order valence-corrected chi connectivity index (χ2v) is 8.81. The summed E-state index contributed by atoms with van der Waals surface area (Å²) < 4.78 is 37.7. The Morgan fingerprint density at radius 1 is 0.862 bits per heavy atom. The summed E-state index contributed by atoms with van der Waals surface area (Å²) in [6.45, 7) is 2.22. The molecule has 0 aromatic heterocycles. The Hall–Kier alpha value is -2.05. The molecule has 0 radical (unpaired) electrons. The molecule has 6 heteroatoms. The van der Waals surface area contributed by atoms with Gasteiger partial charge in [-0.05, 0) is 37.1 Å². The lowest BCUT2D eigenvalue weighted by Gasteiger charge is -2.13. The van der Waals surface area contributed by atoms with Crippen LogP contribution in [-0.2, 0) is 16.5 Å². The first-order chi connectivity index (χ1) is 13.9. The molecule has 160 valence electrons. The van der Waals surface area contributed by atoms with Crippen molar-refractivity contribution in [1.29, 1.82) is 0 Å². The van der Waals surface area contributed by atoms with E-state index in [2.05, 4.69) is 6.92 Å². The van der Waals surface area contributed by atoms with E-state index in [1.165, 1.54) is 63.1 Å². The van der Waals surface area contributed by atoms with Crippen LogP contribution in [0.4, 0.5) is 0 Å². The Labute approximate surface area is 174 Å². The fraction of sp³-hybridized carbons (Fsp3) is 0.478. The van der Waals surface area contributed by atoms with Crippen molar-refractivity contribution in [2.45, 2.75) is 76.0 Å². The predicted molar refractivity (Wildman–Crippen MR) is 115 cm³/mol. The molecule has 0 spiro atoms. The monoisotopic (exact) mass is 420 g/mol. The van der Waals surface area contributed by atoms with Crippen molar-refractivity contribution < 1.29 is 22.8 Å². The van der Waals surface area contributed by atoms with Gasteiger partial charge in [-0.1, -0.05) is 70.4 Å². The first kappa shape index (κ1) is 23.2. The van der Waals surface area contributed by atoms with Crippen LogP contribution in [0.3, 0.4) is 0 Å². The SMILES string of the molecule is CCCCCCCCCCCc1c(O)cccc1Oc1cccc(S(=O)(=O)O)c1. The van der Waals surface area contributed by atoms with Crippen molar-refractivity contribution in [3.8, 4) is 17.2 Å². The summed E-state index contributed by atoms with van der Waals surface area (Å²) in [6.07, 6.45) is 11.7. The van der Waals surface area contributed by atoms with E-state index in [4.69, 9.17) is 4.74 Å². The van der Waals surface area contributed by atoms with Crippen molar-refractivity contribution in [3.05, 3.63) is 48.0 Å². The zero-order chi connectivity index (χ0) is 21.1. The van der Waals surface area contributed by atoms with Crippen LogP contribution in [0.2, 0.25) is 0 Å². The quantitative estimate of drug-likeness (QED) is 0.285. The van der Waals surface area contributed by atoms with Gasteiger partial charge in [0.1, 0.15) is 17.2 Å². The third kappa shape index (κ3) is 8.07. The van der Waals surface area contributed by atoms with Crippen LogP contribution in [0.1, 0.15) is 70.3 Å².